The smallest absolute Gasteiger partial charge is 0.371 e. The summed E-state index contributed by atoms with van der Waals surface area (Å²) < 4.78 is 10.6. The molecule has 0 saturated heterocycles. The van der Waals surface area contributed by atoms with Gasteiger partial charge >= 0.3 is 5.97 Å². The first kappa shape index (κ1) is 13.2. The zero-order valence-electron chi connectivity index (χ0n) is 9.72. The highest BCUT2D eigenvalue weighted by Crippen LogP contribution is 2.11. The molecule has 82 valence electrons. The van der Waals surface area contributed by atoms with Crippen LogP contribution in [0.25, 0.3) is 0 Å². The average Bonchev–Trinajstić information content (AvgIpc) is 2.08. The molecule has 0 fully saturated rings. The predicted molar refractivity (Wildman–Crippen MR) is 59.4 cm³/mol. The summed E-state index contributed by atoms with van der Waals surface area (Å²) in [5.74, 6) is -0.00519. The van der Waals surface area contributed by atoms with E-state index in [4.69, 9.17) is 9.16 Å². The minimum absolute atomic E-state index is 0.345. The van der Waals surface area contributed by atoms with Gasteiger partial charge in [0.2, 0.25) is 8.32 Å². The van der Waals surface area contributed by atoms with Crippen molar-refractivity contribution in [3.63, 3.8) is 0 Å². The number of ether oxygens (including phenoxy) is 1. The summed E-state index contributed by atoms with van der Waals surface area (Å²) in [5, 5.41) is 0. The molecular weight excluding hydrogens is 196 g/mol. The van der Waals surface area contributed by atoms with Gasteiger partial charge in [0.05, 0.1) is 6.61 Å². The second-order valence-electron chi connectivity index (χ2n) is 4.00. The average molecular weight is 216 g/mol. The fourth-order valence-corrected chi connectivity index (χ4v) is 1.68. The van der Waals surface area contributed by atoms with Crippen LogP contribution in [0.3, 0.4) is 0 Å². The zero-order valence-corrected chi connectivity index (χ0v) is 10.7. The SMILES string of the molecule is CC=C(O[Si](C)(C)C)C(=O)OCCC. The highest BCUT2D eigenvalue weighted by Gasteiger charge is 2.21. The van der Waals surface area contributed by atoms with Gasteiger partial charge in [-0.15, -0.1) is 0 Å². The van der Waals surface area contributed by atoms with Gasteiger partial charge in [-0.2, -0.15) is 0 Å². The highest BCUT2D eigenvalue weighted by atomic mass is 28.4. The number of carbonyl (C=O) groups is 1. The van der Waals surface area contributed by atoms with Gasteiger partial charge in [-0.25, -0.2) is 4.79 Å². The highest BCUT2D eigenvalue weighted by molar-refractivity contribution is 6.70. The Morgan fingerprint density at radius 2 is 1.93 bits per heavy atom. The molecule has 14 heavy (non-hydrogen) atoms. The number of hydrogen-bond acceptors (Lipinski definition) is 3. The van der Waals surface area contributed by atoms with E-state index in [0.717, 1.165) is 6.42 Å². The van der Waals surface area contributed by atoms with Gasteiger partial charge in [0.1, 0.15) is 0 Å². The first-order chi connectivity index (χ1) is 6.40. The van der Waals surface area contributed by atoms with Crippen LogP contribution in [0.4, 0.5) is 0 Å². The van der Waals surface area contributed by atoms with Crippen LogP contribution in [0, 0.1) is 0 Å². The van der Waals surface area contributed by atoms with Gasteiger partial charge < -0.3 is 9.16 Å². The van der Waals surface area contributed by atoms with Gasteiger partial charge in [-0.1, -0.05) is 6.92 Å². The maximum atomic E-state index is 11.4. The predicted octanol–water partition coefficient (Wildman–Crippen LogP) is 2.69. The largest absolute Gasteiger partial charge is 0.540 e. The third kappa shape index (κ3) is 5.80. The van der Waals surface area contributed by atoms with Crippen LogP contribution in [0.1, 0.15) is 20.3 Å². The fourth-order valence-electron chi connectivity index (χ4n) is 0.814. The molecule has 0 radical (unpaired) electrons. The van der Waals surface area contributed by atoms with Crippen molar-refractivity contribution in [2.75, 3.05) is 6.61 Å². The molecule has 0 aromatic carbocycles. The van der Waals surface area contributed by atoms with Gasteiger partial charge in [-0.05, 0) is 39.1 Å². The Balaban J connectivity index is 4.22. The lowest BCUT2D eigenvalue weighted by atomic mass is 10.4. The third-order valence-electron chi connectivity index (χ3n) is 1.32. The van der Waals surface area contributed by atoms with Crippen LogP contribution >= 0.6 is 0 Å². The molecule has 0 aliphatic rings. The Labute approximate surface area is 87.2 Å². The van der Waals surface area contributed by atoms with Crippen molar-refractivity contribution in [1.82, 2.24) is 0 Å². The lowest BCUT2D eigenvalue weighted by Gasteiger charge is -2.20. The van der Waals surface area contributed by atoms with Crippen molar-refractivity contribution in [3.8, 4) is 0 Å². The standard InChI is InChI=1S/C10H20O3Si/c1-6-8-12-10(11)9(7-2)13-14(3,4)5/h7H,6,8H2,1-5H3. The maximum absolute atomic E-state index is 11.4. The molecule has 0 N–H and O–H groups in total. The molecule has 0 aromatic rings. The summed E-state index contributed by atoms with van der Waals surface area (Å²) in [6.45, 7) is 10.3. The van der Waals surface area contributed by atoms with Gasteiger partial charge in [0, 0.05) is 0 Å². The minimum atomic E-state index is -1.71. The number of allylic oxidation sites excluding steroid dienone is 1. The molecule has 0 aromatic heterocycles. The Kier molecular flexibility index (Phi) is 5.53. The monoisotopic (exact) mass is 216 g/mol. The second-order valence-corrected chi connectivity index (χ2v) is 8.43. The topological polar surface area (TPSA) is 35.5 Å². The van der Waals surface area contributed by atoms with Crippen molar-refractivity contribution in [3.05, 3.63) is 11.8 Å². The van der Waals surface area contributed by atoms with Gasteiger partial charge in [-0.3, -0.25) is 0 Å². The molecule has 0 atom stereocenters. The van der Waals surface area contributed by atoms with Gasteiger partial charge in [0.15, 0.2) is 5.76 Å². The lowest BCUT2D eigenvalue weighted by Crippen LogP contribution is -2.28. The van der Waals surface area contributed by atoms with E-state index in [0.29, 0.717) is 12.4 Å². The fraction of sp³-hybridized carbons (Fsp3) is 0.700. The first-order valence-electron chi connectivity index (χ1n) is 4.93. The molecule has 0 aliphatic carbocycles. The molecule has 0 aliphatic heterocycles. The summed E-state index contributed by atoms with van der Waals surface area (Å²) in [6.07, 6.45) is 2.49. The molecular formula is C10H20O3Si. The summed E-state index contributed by atoms with van der Waals surface area (Å²) in [5.41, 5.74) is 0. The number of hydrogen-bond donors (Lipinski definition) is 0. The van der Waals surface area contributed by atoms with Crippen molar-refractivity contribution >= 4 is 14.3 Å². The Morgan fingerprint density at radius 1 is 1.36 bits per heavy atom. The summed E-state index contributed by atoms with van der Waals surface area (Å²) in [4.78, 5) is 11.4. The lowest BCUT2D eigenvalue weighted by molar-refractivity contribution is -0.141. The van der Waals surface area contributed by atoms with Crippen molar-refractivity contribution in [2.45, 2.75) is 39.9 Å². The molecule has 4 heteroatoms. The molecule has 0 bridgehead atoms. The Morgan fingerprint density at radius 3 is 2.29 bits per heavy atom. The van der Waals surface area contributed by atoms with Crippen LogP contribution in [-0.2, 0) is 14.0 Å². The van der Waals surface area contributed by atoms with Crippen LogP contribution in [0.2, 0.25) is 19.6 Å². The maximum Gasteiger partial charge on any atom is 0.371 e. The molecule has 3 nitrogen and oxygen atoms in total. The van der Waals surface area contributed by atoms with Gasteiger partial charge in [0.25, 0.3) is 0 Å². The van der Waals surface area contributed by atoms with Crippen LogP contribution < -0.4 is 0 Å². The number of esters is 1. The van der Waals surface area contributed by atoms with E-state index in [1.54, 1.807) is 13.0 Å². The molecule has 0 rings (SSSR count). The molecule has 0 spiro atoms. The van der Waals surface area contributed by atoms with Crippen LogP contribution in [-0.4, -0.2) is 20.9 Å². The Hall–Kier alpha value is -0.773. The van der Waals surface area contributed by atoms with Crippen molar-refractivity contribution in [2.24, 2.45) is 0 Å². The van der Waals surface area contributed by atoms with E-state index in [2.05, 4.69) is 0 Å². The molecule has 0 heterocycles. The quantitative estimate of drug-likeness (QED) is 0.307. The number of carbonyl (C=O) groups excluding carboxylic acids is 1. The Bertz CT molecular complexity index is 216. The van der Waals surface area contributed by atoms with E-state index >= 15 is 0 Å². The van der Waals surface area contributed by atoms with Crippen molar-refractivity contribution in [1.29, 1.82) is 0 Å². The van der Waals surface area contributed by atoms with E-state index in [9.17, 15) is 4.79 Å². The van der Waals surface area contributed by atoms with Crippen molar-refractivity contribution < 1.29 is 14.0 Å². The first-order valence-corrected chi connectivity index (χ1v) is 8.34. The van der Waals surface area contributed by atoms with Crippen LogP contribution in [0.15, 0.2) is 11.8 Å². The summed E-state index contributed by atoms with van der Waals surface area (Å²) >= 11 is 0. The number of rotatable bonds is 5. The van der Waals surface area contributed by atoms with E-state index < -0.39 is 8.32 Å². The van der Waals surface area contributed by atoms with E-state index in [-0.39, 0.29) is 5.97 Å². The zero-order chi connectivity index (χ0) is 11.2. The second kappa shape index (κ2) is 5.85. The molecule has 0 unspecified atom stereocenters. The summed E-state index contributed by atoms with van der Waals surface area (Å²) in [6, 6.07) is 0. The molecule has 0 amide bonds. The third-order valence-corrected chi connectivity index (χ3v) is 2.15. The molecule has 0 saturated carbocycles. The minimum Gasteiger partial charge on any atom is -0.540 e. The van der Waals surface area contributed by atoms with Crippen LogP contribution in [0.5, 0.6) is 0 Å². The van der Waals surface area contributed by atoms with E-state index in [1.807, 2.05) is 26.6 Å². The summed E-state index contributed by atoms with van der Waals surface area (Å²) in [7, 11) is -1.71. The van der Waals surface area contributed by atoms with E-state index in [1.165, 1.54) is 0 Å². The normalized spacial score (nSPS) is 12.5.